The van der Waals surface area contributed by atoms with Crippen molar-refractivity contribution in [3.05, 3.63) is 0 Å². The number of rotatable bonds is 4. The van der Waals surface area contributed by atoms with Gasteiger partial charge in [-0.1, -0.05) is 13.8 Å². The second-order valence-corrected chi connectivity index (χ2v) is 4.97. The van der Waals surface area contributed by atoms with Gasteiger partial charge in [0.2, 0.25) is 5.91 Å². The Morgan fingerprint density at radius 3 is 2.53 bits per heavy atom. The van der Waals surface area contributed by atoms with Gasteiger partial charge in [-0.05, 0) is 25.2 Å². The molecule has 0 radical (unpaired) electrons. The average Bonchev–Trinajstić information content (AvgIpc) is 2.29. The minimum absolute atomic E-state index is 0.102. The Hall–Kier alpha value is -1.10. The SMILES string of the molecule is CC(C)C(CN)C(=O)N1CCCCC1C(=O)O. The van der Waals surface area contributed by atoms with E-state index in [2.05, 4.69) is 0 Å². The Labute approximate surface area is 102 Å². The molecule has 17 heavy (non-hydrogen) atoms. The first-order chi connectivity index (χ1) is 7.99. The normalized spacial score (nSPS) is 22.6. The minimum Gasteiger partial charge on any atom is -0.480 e. The number of hydrogen-bond acceptors (Lipinski definition) is 3. The van der Waals surface area contributed by atoms with Crippen LogP contribution >= 0.6 is 0 Å². The summed E-state index contributed by atoms with van der Waals surface area (Å²) in [5.74, 6) is -1.13. The molecular formula is C12H22N2O3. The Morgan fingerprint density at radius 2 is 2.06 bits per heavy atom. The van der Waals surface area contributed by atoms with Crippen LogP contribution in [0.3, 0.4) is 0 Å². The maximum absolute atomic E-state index is 12.3. The fraction of sp³-hybridized carbons (Fsp3) is 0.833. The molecule has 1 aliphatic rings. The molecule has 0 saturated carbocycles. The lowest BCUT2D eigenvalue weighted by atomic mass is 9.92. The molecular weight excluding hydrogens is 220 g/mol. The number of nitrogens with zero attached hydrogens (tertiary/aromatic N) is 1. The van der Waals surface area contributed by atoms with Crippen molar-refractivity contribution in [3.8, 4) is 0 Å². The fourth-order valence-electron chi connectivity index (χ4n) is 2.32. The van der Waals surface area contributed by atoms with Crippen molar-refractivity contribution in [1.82, 2.24) is 4.90 Å². The number of carboxylic acids is 1. The summed E-state index contributed by atoms with van der Waals surface area (Å²) in [6, 6.07) is -0.663. The monoisotopic (exact) mass is 242 g/mol. The van der Waals surface area contributed by atoms with E-state index in [1.807, 2.05) is 13.8 Å². The van der Waals surface area contributed by atoms with E-state index in [-0.39, 0.29) is 24.3 Å². The van der Waals surface area contributed by atoms with Crippen molar-refractivity contribution in [3.63, 3.8) is 0 Å². The fourth-order valence-corrected chi connectivity index (χ4v) is 2.32. The number of hydrogen-bond donors (Lipinski definition) is 2. The minimum atomic E-state index is -0.905. The van der Waals surface area contributed by atoms with Gasteiger partial charge in [0.15, 0.2) is 0 Å². The van der Waals surface area contributed by atoms with Crippen LogP contribution in [0.4, 0.5) is 0 Å². The Morgan fingerprint density at radius 1 is 1.41 bits per heavy atom. The van der Waals surface area contributed by atoms with Gasteiger partial charge in [-0.3, -0.25) is 4.79 Å². The summed E-state index contributed by atoms with van der Waals surface area (Å²) in [5.41, 5.74) is 5.61. The summed E-state index contributed by atoms with van der Waals surface area (Å²) < 4.78 is 0. The zero-order valence-corrected chi connectivity index (χ0v) is 10.6. The predicted molar refractivity (Wildman–Crippen MR) is 64.4 cm³/mol. The molecule has 1 heterocycles. The van der Waals surface area contributed by atoms with Crippen LogP contribution in [0, 0.1) is 11.8 Å². The van der Waals surface area contributed by atoms with Gasteiger partial charge in [-0.15, -0.1) is 0 Å². The molecule has 2 unspecified atom stereocenters. The van der Waals surface area contributed by atoms with Crippen molar-refractivity contribution in [2.45, 2.75) is 39.2 Å². The maximum Gasteiger partial charge on any atom is 0.326 e. The quantitative estimate of drug-likeness (QED) is 0.759. The third-order valence-corrected chi connectivity index (χ3v) is 3.45. The first kappa shape index (κ1) is 14.0. The average molecular weight is 242 g/mol. The molecule has 98 valence electrons. The molecule has 5 heteroatoms. The van der Waals surface area contributed by atoms with Crippen molar-refractivity contribution in [2.75, 3.05) is 13.1 Å². The van der Waals surface area contributed by atoms with E-state index in [9.17, 15) is 9.59 Å². The number of likely N-dealkylation sites (tertiary alicyclic amines) is 1. The second-order valence-electron chi connectivity index (χ2n) is 4.97. The van der Waals surface area contributed by atoms with E-state index in [1.165, 1.54) is 4.90 Å². The number of carbonyl (C=O) groups is 2. The van der Waals surface area contributed by atoms with Gasteiger partial charge in [0.05, 0.1) is 5.92 Å². The molecule has 1 fully saturated rings. The summed E-state index contributed by atoms with van der Waals surface area (Å²) in [6.45, 7) is 4.70. The Balaban J connectivity index is 2.80. The third kappa shape index (κ3) is 3.19. The van der Waals surface area contributed by atoms with Crippen LogP contribution in [0.25, 0.3) is 0 Å². The largest absolute Gasteiger partial charge is 0.480 e. The molecule has 1 rings (SSSR count). The van der Waals surface area contributed by atoms with Crippen LogP contribution in [0.2, 0.25) is 0 Å². The summed E-state index contributed by atoms with van der Waals surface area (Å²) in [7, 11) is 0. The van der Waals surface area contributed by atoms with Crippen LogP contribution in [0.5, 0.6) is 0 Å². The standard InChI is InChI=1S/C12H22N2O3/c1-8(2)9(7-13)11(15)14-6-4-3-5-10(14)12(16)17/h8-10H,3-7,13H2,1-2H3,(H,16,17). The van der Waals surface area contributed by atoms with Crippen LogP contribution < -0.4 is 5.73 Å². The molecule has 0 aromatic rings. The lowest BCUT2D eigenvalue weighted by Crippen LogP contribution is -2.52. The van der Waals surface area contributed by atoms with Crippen LogP contribution in [0.1, 0.15) is 33.1 Å². The number of carbonyl (C=O) groups excluding carboxylic acids is 1. The Bertz CT molecular complexity index is 291. The number of nitrogens with two attached hydrogens (primary N) is 1. The zero-order chi connectivity index (χ0) is 13.0. The zero-order valence-electron chi connectivity index (χ0n) is 10.6. The number of aliphatic carboxylic acids is 1. The molecule has 0 aromatic carbocycles. The third-order valence-electron chi connectivity index (χ3n) is 3.45. The van der Waals surface area contributed by atoms with Gasteiger partial charge < -0.3 is 15.7 Å². The summed E-state index contributed by atoms with van der Waals surface area (Å²) in [6.07, 6.45) is 2.30. The summed E-state index contributed by atoms with van der Waals surface area (Å²) in [4.78, 5) is 24.9. The van der Waals surface area contributed by atoms with Crippen LogP contribution in [0.15, 0.2) is 0 Å². The topological polar surface area (TPSA) is 83.6 Å². The highest BCUT2D eigenvalue weighted by Gasteiger charge is 2.35. The van der Waals surface area contributed by atoms with Crippen molar-refractivity contribution < 1.29 is 14.7 Å². The van der Waals surface area contributed by atoms with Crippen molar-refractivity contribution in [2.24, 2.45) is 17.6 Å². The molecule has 1 aliphatic heterocycles. The molecule has 0 aromatic heterocycles. The second kappa shape index (κ2) is 6.00. The van der Waals surface area contributed by atoms with E-state index < -0.39 is 12.0 Å². The van der Waals surface area contributed by atoms with E-state index >= 15 is 0 Å². The van der Waals surface area contributed by atoms with Gasteiger partial charge in [-0.2, -0.15) is 0 Å². The molecule has 1 amide bonds. The predicted octanol–water partition coefficient (Wildman–Crippen LogP) is 0.683. The molecule has 0 aliphatic carbocycles. The van der Waals surface area contributed by atoms with Crippen molar-refractivity contribution >= 4 is 11.9 Å². The lowest BCUT2D eigenvalue weighted by Gasteiger charge is -2.36. The first-order valence-electron chi connectivity index (χ1n) is 6.22. The van der Waals surface area contributed by atoms with Crippen LogP contribution in [-0.2, 0) is 9.59 Å². The van der Waals surface area contributed by atoms with Crippen molar-refractivity contribution in [1.29, 1.82) is 0 Å². The number of carboxylic acid groups (broad SMARTS) is 1. The van der Waals surface area contributed by atoms with Gasteiger partial charge in [-0.25, -0.2) is 4.79 Å². The highest BCUT2D eigenvalue weighted by Crippen LogP contribution is 2.22. The Kier molecular flexibility index (Phi) is 4.93. The number of piperidine rings is 1. The molecule has 5 nitrogen and oxygen atoms in total. The number of amides is 1. The van der Waals surface area contributed by atoms with E-state index in [0.29, 0.717) is 13.0 Å². The smallest absolute Gasteiger partial charge is 0.326 e. The molecule has 0 spiro atoms. The van der Waals surface area contributed by atoms with Gasteiger partial charge in [0.1, 0.15) is 6.04 Å². The van der Waals surface area contributed by atoms with E-state index in [1.54, 1.807) is 0 Å². The van der Waals surface area contributed by atoms with Gasteiger partial charge >= 0.3 is 5.97 Å². The summed E-state index contributed by atoms with van der Waals surface area (Å²) in [5, 5.41) is 9.13. The van der Waals surface area contributed by atoms with Gasteiger partial charge in [0.25, 0.3) is 0 Å². The van der Waals surface area contributed by atoms with E-state index in [4.69, 9.17) is 10.8 Å². The molecule has 0 bridgehead atoms. The van der Waals surface area contributed by atoms with E-state index in [0.717, 1.165) is 12.8 Å². The molecule has 1 saturated heterocycles. The lowest BCUT2D eigenvalue weighted by molar-refractivity contribution is -0.154. The first-order valence-corrected chi connectivity index (χ1v) is 6.22. The van der Waals surface area contributed by atoms with Crippen LogP contribution in [-0.4, -0.2) is 41.0 Å². The molecule has 2 atom stereocenters. The summed E-state index contributed by atoms with van der Waals surface area (Å²) >= 11 is 0. The highest BCUT2D eigenvalue weighted by molar-refractivity contribution is 5.85. The highest BCUT2D eigenvalue weighted by atomic mass is 16.4. The maximum atomic E-state index is 12.3. The van der Waals surface area contributed by atoms with Gasteiger partial charge in [0, 0.05) is 13.1 Å². The molecule has 3 N–H and O–H groups in total.